The highest BCUT2D eigenvalue weighted by atomic mass is 35.5. The lowest BCUT2D eigenvalue weighted by atomic mass is 10.1. The maximum absolute atomic E-state index is 12.0. The molecule has 0 saturated carbocycles. The predicted molar refractivity (Wildman–Crippen MR) is 110 cm³/mol. The van der Waals surface area contributed by atoms with Crippen LogP contribution in [0, 0.1) is 0 Å². The fraction of sp³-hybridized carbons (Fsp3) is 0.190. The molecule has 3 rings (SSSR count). The third-order valence-electron chi connectivity index (χ3n) is 3.92. The fourth-order valence-electron chi connectivity index (χ4n) is 2.61. The molecule has 1 N–H and O–H groups in total. The first kappa shape index (κ1) is 21.2. The van der Waals surface area contributed by atoms with Crippen LogP contribution in [-0.4, -0.2) is 25.3 Å². The number of hydrogen-bond acceptors (Lipinski definition) is 7. The van der Waals surface area contributed by atoms with Gasteiger partial charge in [0.2, 0.25) is 0 Å². The van der Waals surface area contributed by atoms with Gasteiger partial charge in [0, 0.05) is 28.8 Å². The van der Waals surface area contributed by atoms with Gasteiger partial charge in [-0.1, -0.05) is 23.7 Å². The van der Waals surface area contributed by atoms with Gasteiger partial charge in [-0.15, -0.1) is 0 Å². The molecule has 0 fully saturated rings. The quantitative estimate of drug-likeness (QED) is 0.443. The first-order valence-electron chi connectivity index (χ1n) is 8.99. The molecule has 30 heavy (non-hydrogen) atoms. The number of nitrogens with one attached hydrogen (secondary N) is 1. The van der Waals surface area contributed by atoms with E-state index >= 15 is 0 Å². The number of hydrogen-bond donors (Lipinski definition) is 1. The van der Waals surface area contributed by atoms with Gasteiger partial charge in [0.1, 0.15) is 17.9 Å². The number of esters is 1. The molecular formula is C21H18ClNO7. The Bertz CT molecular complexity index is 1130. The van der Waals surface area contributed by atoms with Crippen molar-refractivity contribution in [2.75, 3.05) is 18.5 Å². The van der Waals surface area contributed by atoms with Crippen molar-refractivity contribution in [2.45, 2.75) is 13.5 Å². The first-order valence-corrected chi connectivity index (χ1v) is 9.37. The van der Waals surface area contributed by atoms with E-state index in [1.54, 1.807) is 43.3 Å². The molecule has 1 aromatic heterocycles. The molecule has 0 aliphatic rings. The summed E-state index contributed by atoms with van der Waals surface area (Å²) < 4.78 is 20.5. The highest BCUT2D eigenvalue weighted by Gasteiger charge is 2.12. The summed E-state index contributed by atoms with van der Waals surface area (Å²) in [6, 6.07) is 12.7. The Morgan fingerprint density at radius 3 is 2.67 bits per heavy atom. The maximum Gasteiger partial charge on any atom is 0.411 e. The second kappa shape index (κ2) is 9.80. The van der Waals surface area contributed by atoms with Crippen LogP contribution in [-0.2, 0) is 20.9 Å². The number of benzene rings is 2. The van der Waals surface area contributed by atoms with Gasteiger partial charge in [0.15, 0.2) is 6.61 Å². The summed E-state index contributed by atoms with van der Waals surface area (Å²) in [5, 5.41) is 3.46. The van der Waals surface area contributed by atoms with Crippen LogP contribution in [0.15, 0.2) is 57.7 Å². The third-order valence-corrected chi connectivity index (χ3v) is 4.24. The Kier molecular flexibility index (Phi) is 6.92. The molecule has 0 atom stereocenters. The molecule has 0 radical (unpaired) electrons. The molecule has 156 valence electrons. The van der Waals surface area contributed by atoms with E-state index in [0.717, 1.165) is 0 Å². The summed E-state index contributed by atoms with van der Waals surface area (Å²) >= 11 is 5.97. The molecule has 3 aromatic rings. The van der Waals surface area contributed by atoms with Crippen LogP contribution in [0.3, 0.4) is 0 Å². The minimum Gasteiger partial charge on any atom is -0.480 e. The molecule has 0 saturated heterocycles. The van der Waals surface area contributed by atoms with Gasteiger partial charge >= 0.3 is 17.7 Å². The normalized spacial score (nSPS) is 10.5. The van der Waals surface area contributed by atoms with Crippen molar-refractivity contribution >= 4 is 40.3 Å². The van der Waals surface area contributed by atoms with Gasteiger partial charge in [-0.3, -0.25) is 5.32 Å². The van der Waals surface area contributed by atoms with E-state index < -0.39 is 17.7 Å². The second-order valence-corrected chi connectivity index (χ2v) is 6.43. The van der Waals surface area contributed by atoms with Crippen LogP contribution in [0.2, 0.25) is 5.02 Å². The molecular weight excluding hydrogens is 414 g/mol. The zero-order valence-corrected chi connectivity index (χ0v) is 16.7. The minimum atomic E-state index is -0.628. The SMILES string of the molecule is CCOC(=O)Nc1ccc2c(COC(=O)COc3ccccc3Cl)cc(=O)oc2c1. The van der Waals surface area contributed by atoms with E-state index in [1.165, 1.54) is 12.1 Å². The van der Waals surface area contributed by atoms with Crippen LogP contribution >= 0.6 is 11.6 Å². The lowest BCUT2D eigenvalue weighted by molar-refractivity contribution is -0.147. The summed E-state index contributed by atoms with van der Waals surface area (Å²) in [7, 11) is 0. The molecule has 0 bridgehead atoms. The maximum atomic E-state index is 12.0. The summed E-state index contributed by atoms with van der Waals surface area (Å²) in [4.78, 5) is 35.4. The van der Waals surface area contributed by atoms with E-state index in [9.17, 15) is 14.4 Å². The Morgan fingerprint density at radius 1 is 1.10 bits per heavy atom. The monoisotopic (exact) mass is 431 g/mol. The zero-order chi connectivity index (χ0) is 21.5. The van der Waals surface area contributed by atoms with Gasteiger partial charge in [0.05, 0.1) is 11.6 Å². The van der Waals surface area contributed by atoms with Crippen molar-refractivity contribution in [1.82, 2.24) is 0 Å². The average Bonchev–Trinajstić information content (AvgIpc) is 2.71. The van der Waals surface area contributed by atoms with Crippen LogP contribution in [0.1, 0.15) is 12.5 Å². The van der Waals surface area contributed by atoms with E-state index in [0.29, 0.717) is 27.4 Å². The number of anilines is 1. The van der Waals surface area contributed by atoms with Crippen LogP contribution in [0.4, 0.5) is 10.5 Å². The number of para-hydroxylation sites is 1. The molecule has 2 aromatic carbocycles. The van der Waals surface area contributed by atoms with Crippen molar-refractivity contribution in [3.8, 4) is 5.75 Å². The zero-order valence-electron chi connectivity index (χ0n) is 16.0. The minimum absolute atomic E-state index is 0.155. The van der Waals surface area contributed by atoms with Gasteiger partial charge in [-0.05, 0) is 31.2 Å². The lowest BCUT2D eigenvalue weighted by Crippen LogP contribution is -2.15. The number of carbonyl (C=O) groups excluding carboxylic acids is 2. The van der Waals surface area contributed by atoms with E-state index in [4.69, 9.17) is 30.2 Å². The van der Waals surface area contributed by atoms with Crippen molar-refractivity contribution < 1.29 is 28.2 Å². The summed E-state index contributed by atoms with van der Waals surface area (Å²) in [5.74, 6) is -0.263. The van der Waals surface area contributed by atoms with Crippen LogP contribution in [0.25, 0.3) is 11.0 Å². The molecule has 1 heterocycles. The molecule has 1 amide bonds. The number of amides is 1. The van der Waals surface area contributed by atoms with E-state index in [-0.39, 0.29) is 25.4 Å². The topological polar surface area (TPSA) is 104 Å². The molecule has 9 heteroatoms. The second-order valence-electron chi connectivity index (χ2n) is 6.03. The van der Waals surface area contributed by atoms with E-state index in [1.807, 2.05) is 0 Å². The third kappa shape index (κ3) is 5.51. The largest absolute Gasteiger partial charge is 0.480 e. The van der Waals surface area contributed by atoms with Gasteiger partial charge in [-0.2, -0.15) is 0 Å². The molecule has 8 nitrogen and oxygen atoms in total. The summed E-state index contributed by atoms with van der Waals surface area (Å²) in [5.41, 5.74) is 0.464. The Labute approximate surface area is 176 Å². The lowest BCUT2D eigenvalue weighted by Gasteiger charge is -2.10. The number of carbonyl (C=O) groups is 2. The van der Waals surface area contributed by atoms with Crippen molar-refractivity contribution in [3.05, 3.63) is 69.5 Å². The number of rotatable bonds is 7. The predicted octanol–water partition coefficient (Wildman–Crippen LogP) is 4.14. The smallest absolute Gasteiger partial charge is 0.411 e. The van der Waals surface area contributed by atoms with Crippen LogP contribution in [0.5, 0.6) is 5.75 Å². The molecule has 0 spiro atoms. The first-order chi connectivity index (χ1) is 14.5. The highest BCUT2D eigenvalue weighted by molar-refractivity contribution is 6.32. The Hall–Kier alpha value is -3.52. The molecule has 0 aliphatic carbocycles. The van der Waals surface area contributed by atoms with Gasteiger partial charge in [0.25, 0.3) is 0 Å². The van der Waals surface area contributed by atoms with Crippen molar-refractivity contribution in [2.24, 2.45) is 0 Å². The van der Waals surface area contributed by atoms with Gasteiger partial charge in [-0.25, -0.2) is 14.4 Å². The standard InChI is InChI=1S/C21H18ClNO7/c1-2-27-21(26)23-14-7-8-15-13(9-19(24)30-18(15)10-14)11-29-20(25)12-28-17-6-4-3-5-16(17)22/h3-10H,2,11-12H2,1H3,(H,23,26). The fourth-order valence-corrected chi connectivity index (χ4v) is 2.80. The number of fused-ring (bicyclic) bond motifs is 1. The number of halogens is 1. The van der Waals surface area contributed by atoms with Gasteiger partial charge < -0.3 is 18.6 Å². The Morgan fingerprint density at radius 2 is 1.90 bits per heavy atom. The molecule has 0 aliphatic heterocycles. The highest BCUT2D eigenvalue weighted by Crippen LogP contribution is 2.24. The average molecular weight is 432 g/mol. The van der Waals surface area contributed by atoms with Crippen molar-refractivity contribution in [1.29, 1.82) is 0 Å². The van der Waals surface area contributed by atoms with Crippen molar-refractivity contribution in [3.63, 3.8) is 0 Å². The van der Waals surface area contributed by atoms with E-state index in [2.05, 4.69) is 5.32 Å². The van der Waals surface area contributed by atoms with Crippen LogP contribution < -0.4 is 15.7 Å². The number of ether oxygens (including phenoxy) is 3. The summed E-state index contributed by atoms with van der Waals surface area (Å²) in [6.45, 7) is 1.42. The Balaban J connectivity index is 1.68. The summed E-state index contributed by atoms with van der Waals surface area (Å²) in [6.07, 6.45) is -0.622. The molecule has 0 unspecified atom stereocenters.